The van der Waals surface area contributed by atoms with E-state index in [1.54, 1.807) is 11.6 Å². The number of carbonyl (C=O) groups excluding carboxylic acids is 1. The fourth-order valence-electron chi connectivity index (χ4n) is 1.33. The molecule has 0 aliphatic carbocycles. The summed E-state index contributed by atoms with van der Waals surface area (Å²) in [5.74, 6) is -0.181. The number of hydrogen-bond donors (Lipinski definition) is 1. The van der Waals surface area contributed by atoms with E-state index in [9.17, 15) is 4.79 Å². The Morgan fingerprint density at radius 2 is 2.25 bits per heavy atom. The van der Waals surface area contributed by atoms with Crippen molar-refractivity contribution in [3.8, 4) is 0 Å². The fraction of sp³-hybridized carbons (Fsp3) is 0.182. The lowest BCUT2D eigenvalue weighted by atomic mass is 10.3. The number of nitrogens with one attached hydrogen (secondary N) is 1. The molecule has 0 atom stereocenters. The molecule has 0 saturated heterocycles. The standard InChI is InChI=1S/C11H12N4O/c1-8(2)11(16)12-7-15-10-6-4-3-5-9(10)13-14-15/h3-6H,1,7H2,2H3,(H,12,16). The van der Waals surface area contributed by atoms with E-state index >= 15 is 0 Å². The van der Waals surface area contributed by atoms with Gasteiger partial charge in [-0.15, -0.1) is 5.10 Å². The Labute approximate surface area is 92.8 Å². The summed E-state index contributed by atoms with van der Waals surface area (Å²) < 4.78 is 1.64. The average molecular weight is 216 g/mol. The lowest BCUT2D eigenvalue weighted by molar-refractivity contribution is -0.117. The van der Waals surface area contributed by atoms with Gasteiger partial charge < -0.3 is 5.32 Å². The molecule has 0 bridgehead atoms. The maximum atomic E-state index is 11.3. The first-order valence-electron chi connectivity index (χ1n) is 4.90. The first kappa shape index (κ1) is 10.4. The predicted octanol–water partition coefficient (Wildman–Crippen LogP) is 1.08. The number of para-hydroxylation sites is 1. The van der Waals surface area contributed by atoms with Gasteiger partial charge >= 0.3 is 0 Å². The summed E-state index contributed by atoms with van der Waals surface area (Å²) in [6, 6.07) is 7.58. The summed E-state index contributed by atoms with van der Waals surface area (Å²) in [5, 5.41) is 10.6. The van der Waals surface area contributed by atoms with Crippen molar-refractivity contribution in [2.45, 2.75) is 13.6 Å². The van der Waals surface area contributed by atoms with E-state index < -0.39 is 0 Å². The highest BCUT2D eigenvalue weighted by atomic mass is 16.1. The second-order valence-corrected chi connectivity index (χ2v) is 3.52. The predicted molar refractivity (Wildman–Crippen MR) is 60.5 cm³/mol. The molecular formula is C11H12N4O. The van der Waals surface area contributed by atoms with Gasteiger partial charge in [-0.3, -0.25) is 4.79 Å². The molecule has 1 N–H and O–H groups in total. The summed E-state index contributed by atoms with van der Waals surface area (Å²) in [6.07, 6.45) is 0. The highest BCUT2D eigenvalue weighted by Crippen LogP contribution is 2.08. The van der Waals surface area contributed by atoms with Crippen LogP contribution in [-0.2, 0) is 11.5 Å². The van der Waals surface area contributed by atoms with Gasteiger partial charge in [0.2, 0.25) is 5.91 Å². The summed E-state index contributed by atoms with van der Waals surface area (Å²) in [5.41, 5.74) is 2.18. The second-order valence-electron chi connectivity index (χ2n) is 3.52. The van der Waals surface area contributed by atoms with Gasteiger partial charge in [0.05, 0.1) is 5.52 Å². The maximum Gasteiger partial charge on any atom is 0.247 e. The van der Waals surface area contributed by atoms with Crippen LogP contribution in [-0.4, -0.2) is 20.9 Å². The largest absolute Gasteiger partial charge is 0.333 e. The number of aromatic nitrogens is 3. The van der Waals surface area contributed by atoms with Crippen molar-refractivity contribution in [1.29, 1.82) is 0 Å². The third-order valence-electron chi connectivity index (χ3n) is 2.20. The smallest absolute Gasteiger partial charge is 0.247 e. The average Bonchev–Trinajstić information content (AvgIpc) is 2.69. The Balaban J connectivity index is 2.16. The van der Waals surface area contributed by atoms with Gasteiger partial charge in [-0.2, -0.15) is 0 Å². The Bertz CT molecular complexity index is 544. The van der Waals surface area contributed by atoms with E-state index in [-0.39, 0.29) is 5.91 Å². The molecule has 5 nitrogen and oxygen atoms in total. The third-order valence-corrected chi connectivity index (χ3v) is 2.20. The molecule has 0 spiro atoms. The molecule has 2 aromatic rings. The summed E-state index contributed by atoms with van der Waals surface area (Å²) in [7, 11) is 0. The molecule has 16 heavy (non-hydrogen) atoms. The first-order valence-corrected chi connectivity index (χ1v) is 4.90. The van der Waals surface area contributed by atoms with Crippen LogP contribution in [0.25, 0.3) is 11.0 Å². The van der Waals surface area contributed by atoms with Crippen molar-refractivity contribution in [3.63, 3.8) is 0 Å². The van der Waals surface area contributed by atoms with E-state index in [4.69, 9.17) is 0 Å². The highest BCUT2D eigenvalue weighted by Gasteiger charge is 2.05. The van der Waals surface area contributed by atoms with Gasteiger partial charge in [-0.25, -0.2) is 4.68 Å². The Kier molecular flexibility index (Phi) is 2.68. The number of carbonyl (C=O) groups is 1. The van der Waals surface area contributed by atoms with E-state index in [1.165, 1.54) is 0 Å². The van der Waals surface area contributed by atoms with Gasteiger partial charge in [0.15, 0.2) is 0 Å². The normalized spacial score (nSPS) is 10.3. The van der Waals surface area contributed by atoms with Crippen LogP contribution in [0.5, 0.6) is 0 Å². The van der Waals surface area contributed by atoms with E-state index in [0.29, 0.717) is 12.2 Å². The molecule has 82 valence electrons. The van der Waals surface area contributed by atoms with Crippen LogP contribution in [0.2, 0.25) is 0 Å². The molecule has 0 aliphatic rings. The number of amides is 1. The monoisotopic (exact) mass is 216 g/mol. The highest BCUT2D eigenvalue weighted by molar-refractivity contribution is 5.91. The van der Waals surface area contributed by atoms with Crippen molar-refractivity contribution < 1.29 is 4.79 Å². The number of nitrogens with zero attached hydrogens (tertiary/aromatic N) is 3. The van der Waals surface area contributed by atoms with Crippen molar-refractivity contribution in [1.82, 2.24) is 20.3 Å². The molecule has 0 aliphatic heterocycles. The quantitative estimate of drug-likeness (QED) is 0.781. The van der Waals surface area contributed by atoms with Crippen molar-refractivity contribution in [2.24, 2.45) is 0 Å². The minimum absolute atomic E-state index is 0.181. The second kappa shape index (κ2) is 4.14. The number of hydrogen-bond acceptors (Lipinski definition) is 3. The van der Waals surface area contributed by atoms with Gasteiger partial charge in [-0.1, -0.05) is 23.9 Å². The van der Waals surface area contributed by atoms with Crippen LogP contribution in [0.1, 0.15) is 6.92 Å². The molecule has 0 radical (unpaired) electrons. The minimum Gasteiger partial charge on any atom is -0.333 e. The zero-order valence-electron chi connectivity index (χ0n) is 8.97. The molecule has 1 aromatic heterocycles. The topological polar surface area (TPSA) is 59.8 Å². The van der Waals surface area contributed by atoms with Crippen LogP contribution >= 0.6 is 0 Å². The number of benzene rings is 1. The van der Waals surface area contributed by atoms with Gasteiger partial charge in [0.25, 0.3) is 0 Å². The van der Waals surface area contributed by atoms with Crippen molar-refractivity contribution >= 4 is 16.9 Å². The Morgan fingerprint density at radius 1 is 1.50 bits per heavy atom. The molecule has 5 heteroatoms. The van der Waals surface area contributed by atoms with Crippen LogP contribution < -0.4 is 5.32 Å². The van der Waals surface area contributed by atoms with E-state index in [2.05, 4.69) is 22.2 Å². The molecular weight excluding hydrogens is 204 g/mol. The minimum atomic E-state index is -0.181. The van der Waals surface area contributed by atoms with Crippen LogP contribution in [0.3, 0.4) is 0 Å². The maximum absolute atomic E-state index is 11.3. The van der Waals surface area contributed by atoms with E-state index in [0.717, 1.165) is 11.0 Å². The van der Waals surface area contributed by atoms with Gasteiger partial charge in [0.1, 0.15) is 12.2 Å². The SMILES string of the molecule is C=C(C)C(=O)NCn1nnc2ccccc21. The number of fused-ring (bicyclic) bond motifs is 1. The van der Waals surface area contributed by atoms with Crippen molar-refractivity contribution in [3.05, 3.63) is 36.4 Å². The molecule has 2 rings (SSSR count). The van der Waals surface area contributed by atoms with E-state index in [1.807, 2.05) is 24.3 Å². The molecule has 0 fully saturated rings. The molecule has 1 heterocycles. The molecule has 1 amide bonds. The molecule has 0 saturated carbocycles. The van der Waals surface area contributed by atoms with Gasteiger partial charge in [-0.05, 0) is 19.1 Å². The number of rotatable bonds is 3. The van der Waals surface area contributed by atoms with Crippen molar-refractivity contribution in [2.75, 3.05) is 0 Å². The van der Waals surface area contributed by atoms with Crippen LogP contribution in [0, 0.1) is 0 Å². The molecule has 1 aromatic carbocycles. The lowest BCUT2D eigenvalue weighted by Gasteiger charge is -2.04. The summed E-state index contributed by atoms with van der Waals surface area (Å²) >= 11 is 0. The zero-order valence-corrected chi connectivity index (χ0v) is 8.97. The third kappa shape index (κ3) is 1.93. The summed E-state index contributed by atoms with van der Waals surface area (Å²) in [6.45, 7) is 5.52. The van der Waals surface area contributed by atoms with Crippen LogP contribution in [0.15, 0.2) is 36.4 Å². The fourth-order valence-corrected chi connectivity index (χ4v) is 1.33. The first-order chi connectivity index (χ1) is 7.68. The summed E-state index contributed by atoms with van der Waals surface area (Å²) in [4.78, 5) is 11.3. The van der Waals surface area contributed by atoms with Gasteiger partial charge in [0, 0.05) is 5.57 Å². The lowest BCUT2D eigenvalue weighted by Crippen LogP contribution is -2.26. The molecule has 0 unspecified atom stereocenters. The Hall–Kier alpha value is -2.17. The van der Waals surface area contributed by atoms with Crippen LogP contribution in [0.4, 0.5) is 0 Å². The zero-order chi connectivity index (χ0) is 11.5. The Morgan fingerprint density at radius 3 is 3.00 bits per heavy atom.